The number of hydrogen-bond donors (Lipinski definition) is 2. The van der Waals surface area contributed by atoms with E-state index in [-0.39, 0.29) is 17.4 Å². The van der Waals surface area contributed by atoms with Crippen LogP contribution in [0.4, 0.5) is 0 Å². The maximum absolute atomic E-state index is 10.7. The average molecular weight is 198 g/mol. The summed E-state index contributed by atoms with van der Waals surface area (Å²) in [6, 6.07) is 0. The third kappa shape index (κ3) is 1.24. The number of rotatable bonds is 0. The predicted molar refractivity (Wildman–Crippen MR) is 55.9 cm³/mol. The Morgan fingerprint density at radius 2 is 1.79 bits per heavy atom. The first-order valence-electron chi connectivity index (χ1n) is 5.90. The quantitative estimate of drug-likeness (QED) is 0.625. The van der Waals surface area contributed by atoms with Crippen LogP contribution in [0.15, 0.2) is 0 Å². The molecule has 2 saturated carbocycles. The molecule has 0 aliphatic heterocycles. The van der Waals surface area contributed by atoms with Crippen molar-refractivity contribution in [3.63, 3.8) is 0 Å². The van der Waals surface area contributed by atoms with Gasteiger partial charge in [0.1, 0.15) is 0 Å². The third-order valence-corrected chi connectivity index (χ3v) is 4.90. The summed E-state index contributed by atoms with van der Waals surface area (Å²) < 4.78 is 0. The second kappa shape index (κ2) is 3.21. The van der Waals surface area contributed by atoms with Crippen LogP contribution in [-0.4, -0.2) is 21.9 Å². The van der Waals surface area contributed by atoms with Crippen LogP contribution in [0.2, 0.25) is 0 Å². The first-order valence-corrected chi connectivity index (χ1v) is 5.90. The monoisotopic (exact) mass is 198 g/mol. The Morgan fingerprint density at radius 3 is 2.50 bits per heavy atom. The van der Waals surface area contributed by atoms with Crippen LogP contribution in [0.5, 0.6) is 0 Å². The van der Waals surface area contributed by atoms with E-state index >= 15 is 0 Å². The number of aliphatic hydroxyl groups excluding tert-OH is 1. The van der Waals surface area contributed by atoms with Crippen molar-refractivity contribution in [2.24, 2.45) is 11.3 Å². The second-order valence-electron chi connectivity index (χ2n) is 5.59. The Bertz CT molecular complexity index is 228. The van der Waals surface area contributed by atoms with Crippen LogP contribution in [0, 0.1) is 11.3 Å². The first kappa shape index (κ1) is 10.4. The lowest BCUT2D eigenvalue weighted by atomic mass is 9.53. The molecule has 2 nitrogen and oxygen atoms in total. The maximum atomic E-state index is 10.7. The van der Waals surface area contributed by atoms with Crippen molar-refractivity contribution in [2.75, 3.05) is 0 Å². The molecule has 0 unspecified atom stereocenters. The lowest BCUT2D eigenvalue weighted by Gasteiger charge is -2.56. The zero-order valence-electron chi connectivity index (χ0n) is 9.29. The van der Waals surface area contributed by atoms with Crippen molar-refractivity contribution in [3.05, 3.63) is 0 Å². The van der Waals surface area contributed by atoms with Crippen LogP contribution in [0.25, 0.3) is 0 Å². The van der Waals surface area contributed by atoms with Crippen molar-refractivity contribution in [1.29, 1.82) is 0 Å². The SMILES string of the molecule is C[C@H]1[C@@H](O)CC[C@@]2(C)CCCC[C@]12O. The molecule has 2 rings (SSSR count). The topological polar surface area (TPSA) is 40.5 Å². The largest absolute Gasteiger partial charge is 0.393 e. The lowest BCUT2D eigenvalue weighted by Crippen LogP contribution is -2.59. The highest BCUT2D eigenvalue weighted by molar-refractivity contribution is 5.06. The van der Waals surface area contributed by atoms with Gasteiger partial charge in [0.05, 0.1) is 11.7 Å². The molecule has 2 aliphatic rings. The molecule has 0 bridgehead atoms. The fourth-order valence-electron chi connectivity index (χ4n) is 3.58. The minimum atomic E-state index is -0.608. The Kier molecular flexibility index (Phi) is 2.39. The summed E-state index contributed by atoms with van der Waals surface area (Å²) in [7, 11) is 0. The zero-order chi connectivity index (χ0) is 10.4. The van der Waals surface area contributed by atoms with Crippen molar-refractivity contribution in [3.8, 4) is 0 Å². The fraction of sp³-hybridized carbons (Fsp3) is 1.00. The summed E-state index contributed by atoms with van der Waals surface area (Å²) in [6.45, 7) is 4.21. The Balaban J connectivity index is 2.29. The number of hydrogen-bond acceptors (Lipinski definition) is 2. The Labute approximate surface area is 86.3 Å². The van der Waals surface area contributed by atoms with Crippen molar-refractivity contribution < 1.29 is 10.2 Å². The molecule has 0 saturated heterocycles. The summed E-state index contributed by atoms with van der Waals surface area (Å²) in [5.74, 6) is 0.0431. The van der Waals surface area contributed by atoms with Gasteiger partial charge in [-0.25, -0.2) is 0 Å². The molecule has 0 aromatic rings. The van der Waals surface area contributed by atoms with Gasteiger partial charge < -0.3 is 10.2 Å². The second-order valence-corrected chi connectivity index (χ2v) is 5.59. The fourth-order valence-corrected chi connectivity index (χ4v) is 3.58. The van der Waals surface area contributed by atoms with Crippen LogP contribution in [0.3, 0.4) is 0 Å². The average Bonchev–Trinajstić information content (AvgIpc) is 2.16. The van der Waals surface area contributed by atoms with Gasteiger partial charge in [0, 0.05) is 5.92 Å². The van der Waals surface area contributed by atoms with E-state index in [9.17, 15) is 10.2 Å². The van der Waals surface area contributed by atoms with Gasteiger partial charge in [-0.3, -0.25) is 0 Å². The highest BCUT2D eigenvalue weighted by atomic mass is 16.3. The molecule has 82 valence electrons. The summed E-state index contributed by atoms with van der Waals surface area (Å²) >= 11 is 0. The zero-order valence-corrected chi connectivity index (χ0v) is 9.29. The molecule has 2 aliphatic carbocycles. The summed E-state index contributed by atoms with van der Waals surface area (Å²) in [5.41, 5.74) is -0.549. The van der Waals surface area contributed by atoms with Gasteiger partial charge in [0.15, 0.2) is 0 Å². The number of aliphatic hydroxyl groups is 2. The summed E-state index contributed by atoms with van der Waals surface area (Å²) in [5, 5.41) is 20.6. The molecule has 0 aromatic heterocycles. The molecule has 4 atom stereocenters. The van der Waals surface area contributed by atoms with Gasteiger partial charge in [-0.1, -0.05) is 26.7 Å². The molecular formula is C12H22O2. The summed E-state index contributed by atoms with van der Waals surface area (Å²) in [6.07, 6.45) is 5.90. The minimum Gasteiger partial charge on any atom is -0.393 e. The molecular weight excluding hydrogens is 176 g/mol. The molecule has 0 amide bonds. The van der Waals surface area contributed by atoms with Crippen LogP contribution >= 0.6 is 0 Å². The van der Waals surface area contributed by atoms with E-state index in [0.717, 1.165) is 32.1 Å². The molecule has 0 radical (unpaired) electrons. The summed E-state index contributed by atoms with van der Waals surface area (Å²) in [4.78, 5) is 0. The van der Waals surface area contributed by atoms with Crippen molar-refractivity contribution >= 4 is 0 Å². The van der Waals surface area contributed by atoms with Crippen LogP contribution in [0.1, 0.15) is 52.4 Å². The van der Waals surface area contributed by atoms with E-state index in [2.05, 4.69) is 6.92 Å². The molecule has 0 heterocycles. The van der Waals surface area contributed by atoms with E-state index < -0.39 is 5.60 Å². The van der Waals surface area contributed by atoms with Gasteiger partial charge in [0.25, 0.3) is 0 Å². The standard InChI is InChI=1S/C12H22O2/c1-9-10(13)5-8-11(2)6-3-4-7-12(9,11)14/h9-10,13-14H,3-8H2,1-2H3/t9-,10-,11+,12-/m0/s1. The Hall–Kier alpha value is -0.0800. The number of fused-ring (bicyclic) bond motifs is 1. The molecule has 2 fully saturated rings. The highest BCUT2D eigenvalue weighted by Gasteiger charge is 2.55. The van der Waals surface area contributed by atoms with Gasteiger partial charge in [-0.2, -0.15) is 0 Å². The van der Waals surface area contributed by atoms with Gasteiger partial charge in [-0.15, -0.1) is 0 Å². The van der Waals surface area contributed by atoms with E-state index in [1.54, 1.807) is 0 Å². The van der Waals surface area contributed by atoms with Gasteiger partial charge in [-0.05, 0) is 31.1 Å². The first-order chi connectivity index (χ1) is 6.50. The Morgan fingerprint density at radius 1 is 1.14 bits per heavy atom. The lowest BCUT2D eigenvalue weighted by molar-refractivity contribution is -0.195. The van der Waals surface area contributed by atoms with E-state index in [4.69, 9.17) is 0 Å². The van der Waals surface area contributed by atoms with E-state index in [1.807, 2.05) is 6.92 Å². The smallest absolute Gasteiger partial charge is 0.0751 e. The molecule has 2 heteroatoms. The molecule has 2 N–H and O–H groups in total. The minimum absolute atomic E-state index is 0.0431. The van der Waals surface area contributed by atoms with Crippen molar-refractivity contribution in [2.45, 2.75) is 64.1 Å². The van der Waals surface area contributed by atoms with Crippen LogP contribution in [-0.2, 0) is 0 Å². The molecule has 0 aromatic carbocycles. The molecule has 0 spiro atoms. The predicted octanol–water partition coefficient (Wildman–Crippen LogP) is 2.09. The van der Waals surface area contributed by atoms with Crippen LogP contribution < -0.4 is 0 Å². The van der Waals surface area contributed by atoms with E-state index in [1.165, 1.54) is 6.42 Å². The maximum Gasteiger partial charge on any atom is 0.0751 e. The molecule has 14 heavy (non-hydrogen) atoms. The highest BCUT2D eigenvalue weighted by Crippen LogP contribution is 2.55. The van der Waals surface area contributed by atoms with Crippen molar-refractivity contribution in [1.82, 2.24) is 0 Å². The third-order valence-electron chi connectivity index (χ3n) is 4.90. The normalized spacial score (nSPS) is 54.0. The van der Waals surface area contributed by atoms with Gasteiger partial charge in [0.2, 0.25) is 0 Å². The van der Waals surface area contributed by atoms with E-state index in [0.29, 0.717) is 0 Å². The van der Waals surface area contributed by atoms with Gasteiger partial charge >= 0.3 is 0 Å².